The van der Waals surface area contributed by atoms with Gasteiger partial charge in [-0.3, -0.25) is 4.79 Å². The highest BCUT2D eigenvalue weighted by Gasteiger charge is 2.25. The summed E-state index contributed by atoms with van der Waals surface area (Å²) in [7, 11) is 0. The molecule has 8 heteroatoms. The Morgan fingerprint density at radius 2 is 1.96 bits per heavy atom. The van der Waals surface area contributed by atoms with Gasteiger partial charge >= 0.3 is 6.18 Å². The minimum Gasteiger partial charge on any atom is -0.487 e. The first kappa shape index (κ1) is 18.3. The summed E-state index contributed by atoms with van der Waals surface area (Å²) >= 11 is 0. The molecule has 4 nitrogen and oxygen atoms in total. The van der Waals surface area contributed by atoms with Gasteiger partial charge in [-0.25, -0.2) is 4.39 Å². The number of hydrogen-bond acceptors (Lipinski definition) is 3. The van der Waals surface area contributed by atoms with Gasteiger partial charge < -0.3 is 14.6 Å². The number of halogens is 4. The van der Waals surface area contributed by atoms with E-state index in [-0.39, 0.29) is 34.3 Å². The van der Waals surface area contributed by atoms with Crippen LogP contribution >= 0.6 is 0 Å². The number of benzene rings is 1. The van der Waals surface area contributed by atoms with Crippen LogP contribution in [0.4, 0.5) is 17.6 Å². The van der Waals surface area contributed by atoms with Crippen LogP contribution in [0.25, 0.3) is 10.8 Å². The van der Waals surface area contributed by atoms with Crippen LogP contribution in [0.3, 0.4) is 0 Å². The monoisotopic (exact) mass is 370 g/mol. The van der Waals surface area contributed by atoms with E-state index in [2.05, 4.69) is 4.98 Å². The number of allylic oxidation sites excluding steroid dienone is 1. The van der Waals surface area contributed by atoms with E-state index in [4.69, 9.17) is 4.74 Å². The molecular weight excluding hydrogens is 352 g/mol. The number of rotatable bonds is 3. The smallest absolute Gasteiger partial charge is 0.411 e. The van der Waals surface area contributed by atoms with Gasteiger partial charge in [0.25, 0.3) is 5.56 Å². The van der Waals surface area contributed by atoms with Crippen LogP contribution in [-0.2, 0) is 0 Å². The van der Waals surface area contributed by atoms with Crippen molar-refractivity contribution in [2.45, 2.75) is 32.0 Å². The fourth-order valence-electron chi connectivity index (χ4n) is 3.06. The SMILES string of the molecule is Cc1c[nH]c(=O)c2ccc(OC3CCN(/C=C/C(F)(F)F)CC3)c(F)c12. The second-order valence-electron chi connectivity index (χ2n) is 6.31. The van der Waals surface area contributed by atoms with E-state index in [9.17, 15) is 22.4 Å². The molecule has 0 radical (unpaired) electrons. The standard InChI is InChI=1S/C18H18F4N2O2/c1-11-10-23-17(25)13-2-3-14(16(19)15(11)13)26-12-4-7-24(8-5-12)9-6-18(20,21)22/h2-3,6,9-10,12H,4-5,7-8H2,1H3,(H,23,25)/b9-6+. The Labute approximate surface area is 147 Å². The zero-order valence-corrected chi connectivity index (χ0v) is 14.1. The number of hydrogen-bond donors (Lipinski definition) is 1. The molecule has 1 fully saturated rings. The fourth-order valence-corrected chi connectivity index (χ4v) is 3.06. The summed E-state index contributed by atoms with van der Waals surface area (Å²) < 4.78 is 57.1. The van der Waals surface area contributed by atoms with E-state index in [0.717, 1.165) is 6.20 Å². The van der Waals surface area contributed by atoms with Crippen molar-refractivity contribution >= 4 is 10.8 Å². The van der Waals surface area contributed by atoms with Gasteiger partial charge in [0, 0.05) is 49.8 Å². The number of piperidine rings is 1. The topological polar surface area (TPSA) is 45.3 Å². The Kier molecular flexibility index (Phi) is 4.93. The molecule has 2 aromatic rings. The number of nitrogens with one attached hydrogen (secondary N) is 1. The van der Waals surface area contributed by atoms with Crippen molar-refractivity contribution in [1.82, 2.24) is 9.88 Å². The van der Waals surface area contributed by atoms with E-state index in [1.165, 1.54) is 18.3 Å². The van der Waals surface area contributed by atoms with E-state index in [1.54, 1.807) is 11.8 Å². The van der Waals surface area contributed by atoms with Gasteiger partial charge in [-0.2, -0.15) is 13.2 Å². The summed E-state index contributed by atoms with van der Waals surface area (Å²) in [5.74, 6) is -0.541. The molecule has 0 aliphatic carbocycles. The highest BCUT2D eigenvalue weighted by Crippen LogP contribution is 2.29. The third-order valence-electron chi connectivity index (χ3n) is 4.41. The first-order chi connectivity index (χ1) is 12.2. The Morgan fingerprint density at radius 3 is 2.62 bits per heavy atom. The molecule has 140 valence electrons. The second kappa shape index (κ2) is 7.01. The summed E-state index contributed by atoms with van der Waals surface area (Å²) in [6, 6.07) is 2.93. The molecule has 2 heterocycles. The molecule has 1 aromatic carbocycles. The highest BCUT2D eigenvalue weighted by molar-refractivity contribution is 5.86. The average Bonchev–Trinajstić information content (AvgIpc) is 2.59. The molecule has 0 unspecified atom stereocenters. The van der Waals surface area contributed by atoms with Crippen molar-refractivity contribution in [3.8, 4) is 5.75 Å². The quantitative estimate of drug-likeness (QED) is 0.834. The molecule has 0 bridgehead atoms. The largest absolute Gasteiger partial charge is 0.487 e. The van der Waals surface area contributed by atoms with Crippen molar-refractivity contribution in [3.63, 3.8) is 0 Å². The predicted octanol–water partition coefficient (Wildman–Crippen LogP) is 3.89. The summed E-state index contributed by atoms with van der Waals surface area (Å²) in [5.41, 5.74) is 0.218. The third kappa shape index (κ3) is 4.00. The van der Waals surface area contributed by atoms with E-state index >= 15 is 0 Å². The zero-order valence-electron chi connectivity index (χ0n) is 14.1. The Balaban J connectivity index is 1.71. The molecule has 3 rings (SSSR count). The first-order valence-electron chi connectivity index (χ1n) is 8.22. The number of pyridine rings is 1. The Morgan fingerprint density at radius 1 is 1.27 bits per heavy atom. The number of aryl methyl sites for hydroxylation is 1. The maximum Gasteiger partial charge on any atom is 0.411 e. The lowest BCUT2D eigenvalue weighted by molar-refractivity contribution is -0.0809. The predicted molar refractivity (Wildman–Crippen MR) is 89.7 cm³/mol. The first-order valence-corrected chi connectivity index (χ1v) is 8.22. The number of aromatic amines is 1. The lowest BCUT2D eigenvalue weighted by Gasteiger charge is -2.31. The number of fused-ring (bicyclic) bond motifs is 1. The van der Waals surface area contributed by atoms with Gasteiger partial charge in [0.05, 0.1) is 5.39 Å². The summed E-state index contributed by atoms with van der Waals surface area (Å²) in [6.45, 7) is 2.48. The maximum atomic E-state index is 14.8. The van der Waals surface area contributed by atoms with E-state index in [0.29, 0.717) is 31.5 Å². The van der Waals surface area contributed by atoms with Crippen molar-refractivity contribution < 1.29 is 22.3 Å². The Hall–Kier alpha value is -2.51. The van der Waals surface area contributed by atoms with E-state index in [1.807, 2.05) is 0 Å². The number of nitrogens with zero attached hydrogens (tertiary/aromatic N) is 1. The van der Waals surface area contributed by atoms with Gasteiger partial charge in [0.2, 0.25) is 0 Å². The van der Waals surface area contributed by atoms with Crippen LogP contribution < -0.4 is 10.3 Å². The number of alkyl halides is 3. The minimum absolute atomic E-state index is 0.0514. The molecule has 26 heavy (non-hydrogen) atoms. The van der Waals surface area contributed by atoms with Crippen LogP contribution in [0.15, 0.2) is 35.4 Å². The van der Waals surface area contributed by atoms with E-state index < -0.39 is 12.0 Å². The van der Waals surface area contributed by atoms with Crippen LogP contribution in [0, 0.1) is 12.7 Å². The van der Waals surface area contributed by atoms with Gasteiger partial charge in [-0.05, 0) is 24.6 Å². The molecule has 1 aliphatic heterocycles. The molecule has 0 saturated carbocycles. The average molecular weight is 370 g/mol. The van der Waals surface area contributed by atoms with Gasteiger partial charge in [-0.1, -0.05) is 0 Å². The number of ether oxygens (including phenoxy) is 1. The normalized spacial score (nSPS) is 16.6. The molecule has 0 spiro atoms. The van der Waals surface area contributed by atoms with Gasteiger partial charge in [-0.15, -0.1) is 0 Å². The zero-order chi connectivity index (χ0) is 18.9. The summed E-state index contributed by atoms with van der Waals surface area (Å²) in [5, 5.41) is 0.471. The highest BCUT2D eigenvalue weighted by atomic mass is 19.4. The second-order valence-corrected chi connectivity index (χ2v) is 6.31. The summed E-state index contributed by atoms with van der Waals surface area (Å²) in [4.78, 5) is 15.9. The van der Waals surface area contributed by atoms with Gasteiger partial charge in [0.15, 0.2) is 11.6 Å². The molecule has 1 aliphatic rings. The van der Waals surface area contributed by atoms with Crippen molar-refractivity contribution in [2.24, 2.45) is 0 Å². The molecule has 1 N–H and O–H groups in total. The van der Waals surface area contributed by atoms with Gasteiger partial charge in [0.1, 0.15) is 6.10 Å². The van der Waals surface area contributed by atoms with Crippen molar-refractivity contribution in [3.05, 3.63) is 52.3 Å². The van der Waals surface area contributed by atoms with Crippen molar-refractivity contribution in [1.29, 1.82) is 0 Å². The number of aromatic nitrogens is 1. The lowest BCUT2D eigenvalue weighted by Crippen LogP contribution is -2.35. The maximum absolute atomic E-state index is 14.8. The molecule has 0 atom stereocenters. The van der Waals surface area contributed by atoms with Crippen LogP contribution in [0.5, 0.6) is 5.75 Å². The lowest BCUT2D eigenvalue weighted by atomic mass is 10.1. The van der Waals surface area contributed by atoms with Crippen molar-refractivity contribution in [2.75, 3.05) is 13.1 Å². The number of likely N-dealkylation sites (tertiary alicyclic amines) is 1. The van der Waals surface area contributed by atoms with Crippen LogP contribution in [0.1, 0.15) is 18.4 Å². The molecule has 1 aromatic heterocycles. The van der Waals surface area contributed by atoms with Crippen LogP contribution in [0.2, 0.25) is 0 Å². The third-order valence-corrected chi connectivity index (χ3v) is 4.41. The van der Waals surface area contributed by atoms with Crippen LogP contribution in [-0.4, -0.2) is 35.3 Å². The molecular formula is C18H18F4N2O2. The molecule has 0 amide bonds. The summed E-state index contributed by atoms with van der Waals surface area (Å²) in [6.07, 6.45) is -0.984. The molecule has 1 saturated heterocycles. The fraction of sp³-hybridized carbons (Fsp3) is 0.389. The Bertz CT molecular complexity index is 881. The number of H-pyrrole nitrogens is 1. The minimum atomic E-state index is -4.34.